The van der Waals surface area contributed by atoms with Gasteiger partial charge in [0.1, 0.15) is 0 Å². The van der Waals surface area contributed by atoms with Crippen LogP contribution in [0.5, 0.6) is 0 Å². The van der Waals surface area contributed by atoms with Crippen LogP contribution in [0.3, 0.4) is 0 Å². The Morgan fingerprint density at radius 2 is 1.38 bits per heavy atom. The number of hydrogen-bond donors (Lipinski definition) is 2. The number of piperazine rings is 1. The molecular weight excluding hydrogens is 295 g/mol. The molecule has 0 radical (unpaired) electrons. The number of aliphatic hydroxyl groups is 1. The van der Waals surface area contributed by atoms with Gasteiger partial charge in [0.25, 0.3) is 0 Å². The summed E-state index contributed by atoms with van der Waals surface area (Å²) in [4.78, 5) is 1.60. The highest BCUT2D eigenvalue weighted by Crippen LogP contribution is 2.33. The second-order valence-electron chi connectivity index (χ2n) is 4.80. The summed E-state index contributed by atoms with van der Waals surface area (Å²) in [6.07, 6.45) is -0.113. The summed E-state index contributed by atoms with van der Waals surface area (Å²) in [5, 5.41) is 12.1. The molecule has 21 heavy (non-hydrogen) atoms. The van der Waals surface area contributed by atoms with Crippen LogP contribution < -0.4 is 5.32 Å². The van der Waals surface area contributed by atoms with Crippen LogP contribution in [0, 0.1) is 29.1 Å². The number of nitrogens with one attached hydrogen (secondary N) is 1. The number of rotatable bonds is 4. The topological polar surface area (TPSA) is 35.5 Å². The minimum Gasteiger partial charge on any atom is -0.396 e. The summed E-state index contributed by atoms with van der Waals surface area (Å²) in [6, 6.07) is -1.05. The predicted octanol–water partition coefficient (Wildman–Crippen LogP) is 1.71. The maximum Gasteiger partial charge on any atom is 0.200 e. The molecule has 1 aromatic carbocycles. The van der Waals surface area contributed by atoms with Crippen molar-refractivity contribution in [2.75, 3.05) is 32.8 Å². The highest BCUT2D eigenvalue weighted by molar-refractivity contribution is 5.27. The lowest BCUT2D eigenvalue weighted by Crippen LogP contribution is -2.45. The molecule has 0 unspecified atom stereocenters. The quantitative estimate of drug-likeness (QED) is 0.505. The van der Waals surface area contributed by atoms with E-state index in [1.807, 2.05) is 0 Å². The molecule has 0 bridgehead atoms. The van der Waals surface area contributed by atoms with Crippen molar-refractivity contribution in [3.63, 3.8) is 0 Å². The van der Waals surface area contributed by atoms with Crippen molar-refractivity contribution in [1.29, 1.82) is 0 Å². The maximum atomic E-state index is 13.9. The second-order valence-corrected chi connectivity index (χ2v) is 4.80. The molecule has 0 amide bonds. The van der Waals surface area contributed by atoms with Gasteiger partial charge in [-0.1, -0.05) is 0 Å². The molecule has 118 valence electrons. The second kappa shape index (κ2) is 6.67. The molecule has 1 aliphatic rings. The zero-order valence-corrected chi connectivity index (χ0v) is 11.1. The van der Waals surface area contributed by atoms with Gasteiger partial charge in [-0.25, -0.2) is 22.0 Å². The van der Waals surface area contributed by atoms with E-state index >= 15 is 0 Å². The van der Waals surface area contributed by atoms with Gasteiger partial charge < -0.3 is 10.4 Å². The fourth-order valence-corrected chi connectivity index (χ4v) is 2.54. The van der Waals surface area contributed by atoms with Crippen molar-refractivity contribution in [3.8, 4) is 0 Å². The first kappa shape index (κ1) is 16.1. The normalized spacial score (nSPS) is 18.0. The fourth-order valence-electron chi connectivity index (χ4n) is 2.54. The molecule has 0 aromatic heterocycles. The van der Waals surface area contributed by atoms with E-state index in [0.29, 0.717) is 26.2 Å². The van der Waals surface area contributed by atoms with Gasteiger partial charge in [0.2, 0.25) is 5.82 Å². The van der Waals surface area contributed by atoms with Crippen molar-refractivity contribution in [1.82, 2.24) is 10.2 Å². The molecule has 8 heteroatoms. The molecule has 1 atom stereocenters. The number of benzene rings is 1. The highest BCUT2D eigenvalue weighted by Gasteiger charge is 2.33. The van der Waals surface area contributed by atoms with Crippen LogP contribution in [-0.4, -0.2) is 42.8 Å². The van der Waals surface area contributed by atoms with Crippen LogP contribution >= 0.6 is 0 Å². The van der Waals surface area contributed by atoms with Crippen LogP contribution in [0.1, 0.15) is 18.0 Å². The van der Waals surface area contributed by atoms with E-state index in [9.17, 15) is 22.0 Å². The molecular formula is C13H15F5N2O. The van der Waals surface area contributed by atoms with Crippen LogP contribution in [-0.2, 0) is 0 Å². The van der Waals surface area contributed by atoms with Gasteiger partial charge in [0.05, 0.1) is 0 Å². The van der Waals surface area contributed by atoms with Crippen LogP contribution in [0.2, 0.25) is 0 Å². The lowest BCUT2D eigenvalue weighted by atomic mass is 9.99. The number of hydrogen-bond acceptors (Lipinski definition) is 3. The van der Waals surface area contributed by atoms with Gasteiger partial charge >= 0.3 is 0 Å². The van der Waals surface area contributed by atoms with E-state index < -0.39 is 47.3 Å². The molecule has 1 heterocycles. The monoisotopic (exact) mass is 310 g/mol. The van der Waals surface area contributed by atoms with E-state index in [4.69, 9.17) is 5.11 Å². The maximum absolute atomic E-state index is 13.9. The summed E-state index contributed by atoms with van der Waals surface area (Å²) < 4.78 is 67.5. The number of aliphatic hydroxyl groups excluding tert-OH is 1. The van der Waals surface area contributed by atoms with Crippen LogP contribution in [0.15, 0.2) is 0 Å². The summed E-state index contributed by atoms with van der Waals surface area (Å²) in [5.74, 6) is -9.74. The van der Waals surface area contributed by atoms with Gasteiger partial charge in [0.15, 0.2) is 23.3 Å². The third-order valence-electron chi connectivity index (χ3n) is 3.57. The molecule has 1 aliphatic heterocycles. The largest absolute Gasteiger partial charge is 0.396 e. The summed E-state index contributed by atoms with van der Waals surface area (Å²) in [7, 11) is 0. The Kier molecular flexibility index (Phi) is 5.13. The Bertz CT molecular complexity index is 491. The number of nitrogens with zero attached hydrogens (tertiary/aromatic N) is 1. The van der Waals surface area contributed by atoms with Crippen LogP contribution in [0.25, 0.3) is 0 Å². The first-order chi connectivity index (χ1) is 9.99. The highest BCUT2D eigenvalue weighted by atomic mass is 19.2. The average Bonchev–Trinajstić information content (AvgIpc) is 2.51. The van der Waals surface area contributed by atoms with Crippen molar-refractivity contribution in [2.24, 2.45) is 0 Å². The Morgan fingerprint density at radius 3 is 1.86 bits per heavy atom. The Morgan fingerprint density at radius 1 is 0.905 bits per heavy atom. The molecule has 2 rings (SSSR count). The van der Waals surface area contributed by atoms with Gasteiger partial charge in [-0.3, -0.25) is 4.90 Å². The van der Waals surface area contributed by atoms with Crippen molar-refractivity contribution >= 4 is 0 Å². The van der Waals surface area contributed by atoms with E-state index in [1.54, 1.807) is 4.90 Å². The molecule has 1 saturated heterocycles. The molecule has 0 aliphatic carbocycles. The Hall–Kier alpha value is -1.25. The summed E-state index contributed by atoms with van der Waals surface area (Å²) >= 11 is 0. The van der Waals surface area contributed by atoms with Gasteiger partial charge in [-0.15, -0.1) is 0 Å². The fraction of sp³-hybridized carbons (Fsp3) is 0.538. The molecule has 0 saturated carbocycles. The molecule has 1 fully saturated rings. The predicted molar refractivity (Wildman–Crippen MR) is 65.1 cm³/mol. The van der Waals surface area contributed by atoms with E-state index in [-0.39, 0.29) is 6.42 Å². The summed E-state index contributed by atoms with van der Waals surface area (Å²) in [6.45, 7) is 1.44. The number of halogens is 5. The molecule has 0 spiro atoms. The SMILES string of the molecule is OCC[C@@H](c1c(F)c(F)c(F)c(F)c1F)N1CCNCC1. The third kappa shape index (κ3) is 3.02. The Balaban J connectivity index is 2.49. The molecule has 2 N–H and O–H groups in total. The molecule has 3 nitrogen and oxygen atoms in total. The van der Waals surface area contributed by atoms with Crippen molar-refractivity contribution in [2.45, 2.75) is 12.5 Å². The zero-order valence-electron chi connectivity index (χ0n) is 11.1. The Labute approximate surface area is 118 Å². The van der Waals surface area contributed by atoms with Gasteiger partial charge in [-0.2, -0.15) is 0 Å². The minimum absolute atomic E-state index is 0.113. The smallest absolute Gasteiger partial charge is 0.200 e. The minimum atomic E-state index is -2.17. The first-order valence-corrected chi connectivity index (χ1v) is 6.56. The average molecular weight is 310 g/mol. The van der Waals surface area contributed by atoms with Gasteiger partial charge in [0, 0.05) is 44.4 Å². The van der Waals surface area contributed by atoms with Crippen LogP contribution in [0.4, 0.5) is 22.0 Å². The lowest BCUT2D eigenvalue weighted by molar-refractivity contribution is 0.133. The van der Waals surface area contributed by atoms with E-state index in [2.05, 4.69) is 5.32 Å². The standard InChI is InChI=1S/C13H15F5N2O/c14-9-8(10(15)12(17)13(18)11(9)16)7(1-6-21)20-4-2-19-3-5-20/h7,19,21H,1-6H2/t7-/m0/s1. The zero-order chi connectivity index (χ0) is 15.6. The van der Waals surface area contributed by atoms with E-state index in [1.165, 1.54) is 0 Å². The summed E-state index contributed by atoms with van der Waals surface area (Å²) in [5.41, 5.74) is -0.873. The third-order valence-corrected chi connectivity index (χ3v) is 3.57. The molecule has 1 aromatic rings. The first-order valence-electron chi connectivity index (χ1n) is 6.56. The van der Waals surface area contributed by atoms with E-state index in [0.717, 1.165) is 0 Å². The lowest BCUT2D eigenvalue weighted by Gasteiger charge is -2.35. The van der Waals surface area contributed by atoms with Crippen molar-refractivity contribution < 1.29 is 27.1 Å². The van der Waals surface area contributed by atoms with Crippen molar-refractivity contribution in [3.05, 3.63) is 34.6 Å². The van der Waals surface area contributed by atoms with Gasteiger partial charge in [-0.05, 0) is 6.42 Å².